The highest BCUT2D eigenvalue weighted by atomic mass is 15.1. The molecule has 2 heterocycles. The molecule has 3 nitrogen and oxygen atoms in total. The highest BCUT2D eigenvalue weighted by Gasteiger charge is 2.08. The minimum absolute atomic E-state index is 0.741. The van der Waals surface area contributed by atoms with E-state index in [1.54, 1.807) is 6.20 Å². The summed E-state index contributed by atoms with van der Waals surface area (Å²) in [5, 5.41) is 0. The van der Waals surface area contributed by atoms with E-state index in [0.29, 0.717) is 0 Å². The summed E-state index contributed by atoms with van der Waals surface area (Å²) < 4.78 is 1.95. The van der Waals surface area contributed by atoms with Crippen LogP contribution in [0, 0.1) is 20.8 Å². The lowest BCUT2D eigenvalue weighted by atomic mass is 9.99. The minimum Gasteiger partial charge on any atom is -0.291 e. The largest absolute Gasteiger partial charge is 0.291 e. The van der Waals surface area contributed by atoms with Crippen molar-refractivity contribution < 1.29 is 0 Å². The average Bonchev–Trinajstić information content (AvgIpc) is 2.77. The summed E-state index contributed by atoms with van der Waals surface area (Å²) in [5.74, 6) is 0.741. The van der Waals surface area contributed by atoms with Crippen LogP contribution in [-0.2, 0) is 0 Å². The number of aryl methyl sites for hydroxylation is 3. The fraction of sp³-hybridized carbons (Fsp3) is 0.200. The van der Waals surface area contributed by atoms with E-state index in [1.165, 1.54) is 22.3 Å². The minimum atomic E-state index is 0.741. The summed E-state index contributed by atoms with van der Waals surface area (Å²) in [7, 11) is 0. The maximum absolute atomic E-state index is 4.57. The van der Waals surface area contributed by atoms with E-state index in [-0.39, 0.29) is 0 Å². The van der Waals surface area contributed by atoms with Gasteiger partial charge in [0.2, 0.25) is 5.78 Å². The van der Waals surface area contributed by atoms with Crippen LogP contribution in [0.25, 0.3) is 17.0 Å². The Labute approximate surface area is 106 Å². The van der Waals surface area contributed by atoms with Crippen LogP contribution in [-0.4, -0.2) is 14.4 Å². The molecule has 0 radical (unpaired) electrons. The summed E-state index contributed by atoms with van der Waals surface area (Å²) in [6.07, 6.45) is 5.76. The first-order valence-electron chi connectivity index (χ1n) is 6.03. The molecule has 0 spiro atoms. The van der Waals surface area contributed by atoms with Crippen molar-refractivity contribution >= 4 is 5.78 Å². The molecule has 0 aliphatic heterocycles. The lowest BCUT2D eigenvalue weighted by molar-refractivity contribution is 1.11. The maximum atomic E-state index is 4.57. The fourth-order valence-corrected chi connectivity index (χ4v) is 2.20. The quantitative estimate of drug-likeness (QED) is 0.650. The molecule has 0 saturated heterocycles. The van der Waals surface area contributed by atoms with E-state index in [1.807, 2.05) is 22.9 Å². The summed E-state index contributed by atoms with van der Waals surface area (Å²) >= 11 is 0. The number of hydrogen-bond donors (Lipinski definition) is 0. The van der Waals surface area contributed by atoms with E-state index < -0.39 is 0 Å². The first-order chi connectivity index (χ1) is 8.65. The Morgan fingerprint density at radius 1 is 1.00 bits per heavy atom. The van der Waals surface area contributed by atoms with Gasteiger partial charge in [0.05, 0.1) is 5.69 Å². The van der Waals surface area contributed by atoms with Crippen molar-refractivity contribution in [2.24, 2.45) is 0 Å². The molecule has 18 heavy (non-hydrogen) atoms. The smallest absolute Gasteiger partial charge is 0.234 e. The zero-order chi connectivity index (χ0) is 12.7. The van der Waals surface area contributed by atoms with E-state index in [9.17, 15) is 0 Å². The highest BCUT2D eigenvalue weighted by Crippen LogP contribution is 2.25. The molecule has 0 aliphatic carbocycles. The molecule has 0 unspecified atom stereocenters. The fourth-order valence-electron chi connectivity index (χ4n) is 2.20. The van der Waals surface area contributed by atoms with Crippen LogP contribution >= 0.6 is 0 Å². The van der Waals surface area contributed by atoms with Gasteiger partial charge in [0, 0.05) is 24.2 Å². The van der Waals surface area contributed by atoms with E-state index >= 15 is 0 Å². The van der Waals surface area contributed by atoms with Gasteiger partial charge < -0.3 is 0 Å². The molecule has 0 fully saturated rings. The molecule has 0 atom stereocenters. The van der Waals surface area contributed by atoms with Gasteiger partial charge >= 0.3 is 0 Å². The van der Waals surface area contributed by atoms with Crippen LogP contribution in [0.1, 0.15) is 16.7 Å². The van der Waals surface area contributed by atoms with Crippen molar-refractivity contribution in [3.8, 4) is 11.3 Å². The third-order valence-electron chi connectivity index (χ3n) is 3.35. The Hall–Kier alpha value is -2.16. The molecule has 3 heteroatoms. The number of benzene rings is 1. The molecule has 2 aromatic heterocycles. The van der Waals surface area contributed by atoms with Crippen LogP contribution < -0.4 is 0 Å². The number of hydrogen-bond acceptors (Lipinski definition) is 2. The standard InChI is InChI=1S/C15H15N3/c1-10-7-12(3)13(8-11(10)2)14-9-18-6-4-5-16-15(18)17-14/h4-9H,1-3H3. The number of nitrogens with zero attached hydrogens (tertiary/aromatic N) is 3. The molecule has 3 aromatic rings. The Balaban J connectivity index is 2.22. The number of aromatic nitrogens is 3. The summed E-state index contributed by atoms with van der Waals surface area (Å²) in [6.45, 7) is 6.39. The van der Waals surface area contributed by atoms with E-state index in [0.717, 1.165) is 11.5 Å². The summed E-state index contributed by atoms with van der Waals surface area (Å²) in [6, 6.07) is 6.32. The van der Waals surface area contributed by atoms with E-state index in [2.05, 4.69) is 42.9 Å². The van der Waals surface area contributed by atoms with E-state index in [4.69, 9.17) is 0 Å². The monoisotopic (exact) mass is 237 g/mol. The lowest BCUT2D eigenvalue weighted by Gasteiger charge is -2.07. The van der Waals surface area contributed by atoms with Gasteiger partial charge in [-0.2, -0.15) is 0 Å². The molecule has 3 rings (SSSR count). The van der Waals surface area contributed by atoms with Crippen LogP contribution in [0.4, 0.5) is 0 Å². The number of fused-ring (bicyclic) bond motifs is 1. The first-order valence-corrected chi connectivity index (χ1v) is 6.03. The van der Waals surface area contributed by atoms with Crippen molar-refractivity contribution in [1.82, 2.24) is 14.4 Å². The van der Waals surface area contributed by atoms with Gasteiger partial charge in [0.25, 0.3) is 0 Å². The second-order valence-corrected chi connectivity index (χ2v) is 4.70. The first kappa shape index (κ1) is 11.0. The molecule has 0 bridgehead atoms. The molecule has 90 valence electrons. The Kier molecular flexibility index (Phi) is 2.40. The Morgan fingerprint density at radius 2 is 1.78 bits per heavy atom. The SMILES string of the molecule is Cc1cc(C)c(-c2cn3cccnc3n2)cc1C. The third-order valence-corrected chi connectivity index (χ3v) is 3.35. The maximum Gasteiger partial charge on any atom is 0.234 e. The van der Waals surface area contributed by atoms with Gasteiger partial charge in [-0.25, -0.2) is 9.97 Å². The molecule has 0 N–H and O–H groups in total. The molecule has 0 saturated carbocycles. The molecule has 1 aromatic carbocycles. The molecule has 0 amide bonds. The van der Waals surface area contributed by atoms with Crippen LogP contribution in [0.3, 0.4) is 0 Å². The second kappa shape index (κ2) is 3.95. The molecule has 0 aliphatic rings. The zero-order valence-electron chi connectivity index (χ0n) is 10.8. The van der Waals surface area contributed by atoms with Gasteiger partial charge in [0.1, 0.15) is 0 Å². The van der Waals surface area contributed by atoms with Crippen molar-refractivity contribution in [3.63, 3.8) is 0 Å². The van der Waals surface area contributed by atoms with Gasteiger partial charge in [-0.3, -0.25) is 4.40 Å². The van der Waals surface area contributed by atoms with Gasteiger partial charge in [-0.05, 0) is 49.6 Å². The van der Waals surface area contributed by atoms with Crippen LogP contribution in [0.15, 0.2) is 36.8 Å². The van der Waals surface area contributed by atoms with Crippen molar-refractivity contribution in [2.45, 2.75) is 20.8 Å². The predicted molar refractivity (Wildman–Crippen MR) is 72.6 cm³/mol. The van der Waals surface area contributed by atoms with Crippen molar-refractivity contribution in [2.75, 3.05) is 0 Å². The summed E-state index contributed by atoms with van der Waals surface area (Å²) in [4.78, 5) is 8.82. The second-order valence-electron chi connectivity index (χ2n) is 4.70. The average molecular weight is 237 g/mol. The van der Waals surface area contributed by atoms with Gasteiger partial charge in [-0.15, -0.1) is 0 Å². The van der Waals surface area contributed by atoms with Crippen molar-refractivity contribution in [3.05, 3.63) is 53.5 Å². The molecular weight excluding hydrogens is 222 g/mol. The number of rotatable bonds is 1. The topological polar surface area (TPSA) is 30.2 Å². The van der Waals surface area contributed by atoms with Crippen LogP contribution in [0.5, 0.6) is 0 Å². The molecular formula is C15H15N3. The normalized spacial score (nSPS) is 11.1. The Morgan fingerprint density at radius 3 is 2.56 bits per heavy atom. The summed E-state index contributed by atoms with van der Waals surface area (Å²) in [5.41, 5.74) is 6.03. The predicted octanol–water partition coefficient (Wildman–Crippen LogP) is 3.32. The van der Waals surface area contributed by atoms with Gasteiger partial charge in [0.15, 0.2) is 0 Å². The lowest BCUT2D eigenvalue weighted by Crippen LogP contribution is -1.88. The zero-order valence-corrected chi connectivity index (χ0v) is 10.8. The van der Waals surface area contributed by atoms with Gasteiger partial charge in [-0.1, -0.05) is 6.07 Å². The highest BCUT2D eigenvalue weighted by molar-refractivity contribution is 5.66. The number of imidazole rings is 1. The van der Waals surface area contributed by atoms with Crippen LogP contribution in [0.2, 0.25) is 0 Å². The Bertz CT molecular complexity index is 693. The third kappa shape index (κ3) is 1.68. The van der Waals surface area contributed by atoms with Crippen molar-refractivity contribution in [1.29, 1.82) is 0 Å².